The summed E-state index contributed by atoms with van der Waals surface area (Å²) in [5.74, 6) is -2.58. The Bertz CT molecular complexity index is 1120. The molecular weight excluding hydrogens is 492 g/mol. The van der Waals surface area contributed by atoms with E-state index in [0.717, 1.165) is 0 Å². The maximum Gasteiger partial charge on any atom is 0.343 e. The fraction of sp³-hybridized carbons (Fsp3) is 0.417. The molecule has 0 aliphatic heterocycles. The highest BCUT2D eigenvalue weighted by atomic mass is 32.2. The van der Waals surface area contributed by atoms with E-state index >= 15 is 0 Å². The number of rotatable bonds is 13. The highest BCUT2D eigenvalue weighted by molar-refractivity contribution is 7.86. The van der Waals surface area contributed by atoms with Crippen LogP contribution in [-0.4, -0.2) is 61.4 Å². The third kappa shape index (κ3) is 9.36. The van der Waals surface area contributed by atoms with Gasteiger partial charge in [0.1, 0.15) is 0 Å². The van der Waals surface area contributed by atoms with Gasteiger partial charge in [0.2, 0.25) is 5.91 Å². The number of ether oxygens (including phenoxy) is 2. The van der Waals surface area contributed by atoms with Gasteiger partial charge in [0.25, 0.3) is 16.4 Å². The number of nitrogens with zero attached hydrogens (tertiary/aromatic N) is 1. The molecule has 0 aliphatic carbocycles. The van der Waals surface area contributed by atoms with E-state index in [4.69, 9.17) is 13.7 Å². The normalized spacial score (nSPS) is 13.3. The van der Waals surface area contributed by atoms with Gasteiger partial charge in [-0.25, -0.2) is 9.59 Å². The first-order valence-corrected chi connectivity index (χ1v) is 12.6. The Balaban J connectivity index is 2.03. The van der Waals surface area contributed by atoms with E-state index in [9.17, 15) is 27.9 Å². The monoisotopic (exact) mass is 522 g/mol. The van der Waals surface area contributed by atoms with Crippen LogP contribution in [0.4, 0.5) is 0 Å². The quantitative estimate of drug-likeness (QED) is 0.172. The van der Waals surface area contributed by atoms with Crippen molar-refractivity contribution in [3.8, 4) is 0 Å². The second-order valence-electron chi connectivity index (χ2n) is 8.58. The predicted octanol–water partition coefficient (Wildman–Crippen LogP) is 1.74. The molecule has 0 bridgehead atoms. The summed E-state index contributed by atoms with van der Waals surface area (Å²) in [5.41, 5.74) is -0.908. The number of esters is 2. The van der Waals surface area contributed by atoms with E-state index in [1.54, 1.807) is 36.4 Å². The van der Waals surface area contributed by atoms with Crippen LogP contribution in [0.5, 0.6) is 0 Å². The molecular formula is C24H30N2O9S. The number of hydrogen-bond donors (Lipinski definition) is 2. The number of amides is 1. The van der Waals surface area contributed by atoms with Crippen molar-refractivity contribution in [2.45, 2.75) is 39.6 Å². The lowest BCUT2D eigenvalue weighted by Crippen LogP contribution is -2.42. The second kappa shape index (κ2) is 13.1. The van der Waals surface area contributed by atoms with Gasteiger partial charge in [-0.3, -0.25) is 14.0 Å². The Morgan fingerprint density at radius 3 is 2.39 bits per heavy atom. The number of nitrogens with one attached hydrogen (secondary N) is 1. The van der Waals surface area contributed by atoms with Crippen molar-refractivity contribution in [1.82, 2.24) is 10.3 Å². The topological polar surface area (TPSA) is 158 Å². The molecule has 196 valence electrons. The molecule has 1 aromatic carbocycles. The van der Waals surface area contributed by atoms with Gasteiger partial charge in [-0.1, -0.05) is 44.2 Å². The van der Waals surface area contributed by atoms with E-state index in [0.29, 0.717) is 5.56 Å². The van der Waals surface area contributed by atoms with Crippen molar-refractivity contribution in [3.05, 3.63) is 66.0 Å². The molecule has 0 spiro atoms. The van der Waals surface area contributed by atoms with Crippen LogP contribution in [-0.2, 0) is 33.4 Å². The van der Waals surface area contributed by atoms with Crippen LogP contribution in [0.15, 0.2) is 54.9 Å². The van der Waals surface area contributed by atoms with Crippen molar-refractivity contribution in [3.63, 3.8) is 0 Å². The SMILES string of the molecule is CC(=O)NCCCS(=O)(=O)OCC(C)(C)[C@@H](O)C(=O)OC(OC(=O)c1cccnc1)c1ccccc1. The van der Waals surface area contributed by atoms with Gasteiger partial charge in [-0.05, 0) is 18.6 Å². The van der Waals surface area contributed by atoms with Crippen LogP contribution < -0.4 is 5.32 Å². The van der Waals surface area contributed by atoms with E-state index in [1.807, 2.05) is 0 Å². The first kappa shape index (κ1) is 28.9. The number of carbonyl (C=O) groups excluding carboxylic acids is 3. The Kier molecular flexibility index (Phi) is 10.5. The molecule has 1 heterocycles. The average Bonchev–Trinajstić information content (AvgIpc) is 2.85. The van der Waals surface area contributed by atoms with Crippen LogP contribution in [0, 0.1) is 5.41 Å². The smallest absolute Gasteiger partial charge is 0.343 e. The van der Waals surface area contributed by atoms with Crippen LogP contribution >= 0.6 is 0 Å². The molecule has 11 nitrogen and oxygen atoms in total. The Labute approximate surface area is 209 Å². The molecule has 1 amide bonds. The summed E-state index contributed by atoms with van der Waals surface area (Å²) >= 11 is 0. The maximum atomic E-state index is 12.8. The molecule has 12 heteroatoms. The molecule has 2 rings (SSSR count). The molecule has 2 N–H and O–H groups in total. The lowest BCUT2D eigenvalue weighted by Gasteiger charge is -2.29. The van der Waals surface area contributed by atoms with Crippen LogP contribution in [0.2, 0.25) is 0 Å². The van der Waals surface area contributed by atoms with Gasteiger partial charge in [0.05, 0.1) is 17.9 Å². The van der Waals surface area contributed by atoms with Gasteiger partial charge >= 0.3 is 11.9 Å². The molecule has 2 atom stereocenters. The zero-order chi connectivity index (χ0) is 26.8. The molecule has 0 saturated heterocycles. The number of carbonyl (C=O) groups is 3. The number of pyridine rings is 1. The molecule has 1 unspecified atom stereocenters. The first-order valence-electron chi connectivity index (χ1n) is 11.1. The number of aromatic nitrogens is 1. The molecule has 0 fully saturated rings. The minimum Gasteiger partial charge on any atom is -0.419 e. The third-order valence-electron chi connectivity index (χ3n) is 4.93. The Hall–Kier alpha value is -3.35. The van der Waals surface area contributed by atoms with Crippen molar-refractivity contribution in [1.29, 1.82) is 0 Å². The Morgan fingerprint density at radius 2 is 1.78 bits per heavy atom. The number of benzene rings is 1. The van der Waals surface area contributed by atoms with E-state index in [1.165, 1.54) is 39.2 Å². The zero-order valence-electron chi connectivity index (χ0n) is 20.2. The number of aliphatic hydroxyl groups is 1. The van der Waals surface area contributed by atoms with Crippen LogP contribution in [0.25, 0.3) is 0 Å². The zero-order valence-corrected chi connectivity index (χ0v) is 21.1. The minimum atomic E-state index is -3.97. The summed E-state index contributed by atoms with van der Waals surface area (Å²) in [5, 5.41) is 13.1. The van der Waals surface area contributed by atoms with E-state index in [2.05, 4.69) is 10.3 Å². The lowest BCUT2D eigenvalue weighted by molar-refractivity contribution is -0.186. The van der Waals surface area contributed by atoms with Gasteiger partial charge in [-0.2, -0.15) is 8.42 Å². The molecule has 1 aromatic heterocycles. The molecule has 36 heavy (non-hydrogen) atoms. The average molecular weight is 523 g/mol. The third-order valence-corrected chi connectivity index (χ3v) is 6.19. The van der Waals surface area contributed by atoms with Crippen LogP contribution in [0.1, 0.15) is 49.4 Å². The molecule has 2 aromatic rings. The van der Waals surface area contributed by atoms with E-state index < -0.39 is 46.5 Å². The second-order valence-corrected chi connectivity index (χ2v) is 10.3. The summed E-state index contributed by atoms with van der Waals surface area (Å²) in [6, 6.07) is 11.2. The minimum absolute atomic E-state index is 0.132. The van der Waals surface area contributed by atoms with Crippen molar-refractivity contribution < 1.29 is 41.6 Å². The predicted molar refractivity (Wildman–Crippen MR) is 128 cm³/mol. The van der Waals surface area contributed by atoms with Crippen molar-refractivity contribution in [2.75, 3.05) is 18.9 Å². The van der Waals surface area contributed by atoms with Gasteiger partial charge in [-0.15, -0.1) is 0 Å². The van der Waals surface area contributed by atoms with Gasteiger partial charge in [0, 0.05) is 36.8 Å². The largest absolute Gasteiger partial charge is 0.419 e. The molecule has 0 saturated carbocycles. The van der Waals surface area contributed by atoms with Crippen molar-refractivity contribution in [2.24, 2.45) is 5.41 Å². The fourth-order valence-electron chi connectivity index (χ4n) is 2.80. The molecule has 0 aliphatic rings. The first-order chi connectivity index (χ1) is 16.9. The number of hydrogen-bond acceptors (Lipinski definition) is 10. The van der Waals surface area contributed by atoms with Gasteiger partial charge in [0.15, 0.2) is 6.10 Å². The molecule has 0 radical (unpaired) electrons. The summed E-state index contributed by atoms with van der Waals surface area (Å²) in [4.78, 5) is 40.0. The van der Waals surface area contributed by atoms with Gasteiger partial charge < -0.3 is 19.9 Å². The summed E-state index contributed by atoms with van der Waals surface area (Å²) in [7, 11) is -3.97. The lowest BCUT2D eigenvalue weighted by atomic mass is 9.87. The summed E-state index contributed by atoms with van der Waals surface area (Å²) in [6.45, 7) is 3.80. The number of aliphatic hydroxyl groups excluding tert-OH is 1. The summed E-state index contributed by atoms with van der Waals surface area (Å²) in [6.07, 6.45) is -0.382. The van der Waals surface area contributed by atoms with Crippen molar-refractivity contribution >= 4 is 28.0 Å². The highest BCUT2D eigenvalue weighted by Crippen LogP contribution is 2.27. The van der Waals surface area contributed by atoms with Crippen LogP contribution in [0.3, 0.4) is 0 Å². The summed E-state index contributed by atoms with van der Waals surface area (Å²) < 4.78 is 39.9. The van der Waals surface area contributed by atoms with E-state index in [-0.39, 0.29) is 30.2 Å². The Morgan fingerprint density at radius 1 is 1.08 bits per heavy atom. The maximum absolute atomic E-state index is 12.8. The standard InChI is InChI=1S/C24H30N2O9S/c1-17(27)26-13-8-14-36(31,32)33-16-24(2,3)20(28)22(30)35-23(18-9-5-4-6-10-18)34-21(29)19-11-7-12-25-15-19/h4-7,9-12,15,20,23,28H,8,13-14,16H2,1-3H3,(H,26,27)/t20-,23?/m0/s1. The fourth-order valence-corrected chi connectivity index (χ4v) is 3.90. The highest BCUT2D eigenvalue weighted by Gasteiger charge is 2.38.